The molecule has 66 heavy (non-hydrogen) atoms. The average Bonchev–Trinajstić information content (AvgIpc) is 3.31. The fraction of sp³-hybridized carbons (Fsp3) is 0.964. The Bertz CT molecular complexity index is 914. The molecule has 0 fully saturated rings. The Morgan fingerprint density at radius 1 is 0.348 bits per heavy atom. The Labute approximate surface area is 409 Å². The molecule has 0 rings (SSSR count). The highest BCUT2D eigenvalue weighted by atomic mass is 16.6. The molecule has 0 aliphatic heterocycles. The largest absolute Gasteiger partial charge is 0.462 e. The SMILES string of the molecule is CCCCCCCCC(CCCCCC)OC(=O)CCCCCCCN(CCCCCCCC(=O)OC(CCCCCC)CCCCCCCC)CCOCCOCCOCCOCCN. The predicted octanol–water partition coefficient (Wildman–Crippen LogP) is 14.3. The zero-order valence-electron chi connectivity index (χ0n) is 44.4. The number of nitrogens with zero attached hydrogens (tertiary/aromatic N) is 1. The Hall–Kier alpha value is -1.30. The summed E-state index contributed by atoms with van der Waals surface area (Å²) in [4.78, 5) is 28.2. The molecule has 0 radical (unpaired) electrons. The van der Waals surface area contributed by atoms with E-state index in [1.807, 2.05) is 0 Å². The maximum atomic E-state index is 12.8. The van der Waals surface area contributed by atoms with Crippen LogP contribution in [0.4, 0.5) is 0 Å². The van der Waals surface area contributed by atoms with Gasteiger partial charge in [0, 0.05) is 25.9 Å². The number of ether oxygens (including phenoxy) is 6. The number of rotatable bonds is 56. The number of nitrogens with two attached hydrogens (primary N) is 1. The van der Waals surface area contributed by atoms with Gasteiger partial charge in [-0.05, 0) is 90.1 Å². The van der Waals surface area contributed by atoms with E-state index in [1.165, 1.54) is 141 Å². The molecule has 0 aromatic rings. The molecule has 2 N–H and O–H groups in total. The van der Waals surface area contributed by atoms with Gasteiger partial charge in [-0.15, -0.1) is 0 Å². The first-order valence-corrected chi connectivity index (χ1v) is 28.6. The molecule has 0 saturated carbocycles. The van der Waals surface area contributed by atoms with Crippen LogP contribution in [0.2, 0.25) is 0 Å². The van der Waals surface area contributed by atoms with Crippen LogP contribution in [-0.2, 0) is 38.0 Å². The second-order valence-corrected chi connectivity index (χ2v) is 19.2. The standard InChI is InChI=1S/C56H112N2O8/c1-5-9-13-17-21-29-37-53(35-27-15-11-7-3)65-55(59)39-31-23-19-25-33-42-58(44-46-62-48-50-64-52-51-63-49-47-61-45-41-57)43-34-26-20-24-32-40-56(60)66-54(36-28-16-12-8-4)38-30-22-18-14-10-6-2/h53-54H,5-52,57H2,1-4H3. The van der Waals surface area contributed by atoms with Crippen molar-refractivity contribution in [3.8, 4) is 0 Å². The van der Waals surface area contributed by atoms with Gasteiger partial charge in [0.05, 0.1) is 52.9 Å². The molecule has 0 aliphatic rings. The molecule has 10 nitrogen and oxygen atoms in total. The molecule has 0 heterocycles. The molecule has 10 heteroatoms. The first-order chi connectivity index (χ1) is 32.5. The van der Waals surface area contributed by atoms with E-state index in [4.69, 9.17) is 34.2 Å². The first-order valence-electron chi connectivity index (χ1n) is 28.6. The zero-order valence-corrected chi connectivity index (χ0v) is 44.4. The minimum Gasteiger partial charge on any atom is -0.462 e. The van der Waals surface area contributed by atoms with Crippen molar-refractivity contribution in [2.75, 3.05) is 79.0 Å². The lowest BCUT2D eigenvalue weighted by Crippen LogP contribution is -2.30. The summed E-state index contributed by atoms with van der Waals surface area (Å²) >= 11 is 0. The van der Waals surface area contributed by atoms with Crippen molar-refractivity contribution in [1.29, 1.82) is 0 Å². The Balaban J connectivity index is 4.64. The van der Waals surface area contributed by atoms with Crippen LogP contribution in [0.15, 0.2) is 0 Å². The van der Waals surface area contributed by atoms with Gasteiger partial charge in [-0.1, -0.05) is 169 Å². The third-order valence-electron chi connectivity index (χ3n) is 12.8. The van der Waals surface area contributed by atoms with Gasteiger partial charge in [0.2, 0.25) is 0 Å². The van der Waals surface area contributed by atoms with Crippen LogP contribution in [0.5, 0.6) is 0 Å². The van der Waals surface area contributed by atoms with Gasteiger partial charge in [-0.25, -0.2) is 0 Å². The maximum Gasteiger partial charge on any atom is 0.306 e. The molecular weight excluding hydrogens is 829 g/mol. The Morgan fingerprint density at radius 2 is 0.636 bits per heavy atom. The van der Waals surface area contributed by atoms with Crippen molar-refractivity contribution in [2.45, 2.75) is 271 Å². The topological polar surface area (TPSA) is 119 Å². The fourth-order valence-corrected chi connectivity index (χ4v) is 8.56. The minimum absolute atomic E-state index is 0.0103. The van der Waals surface area contributed by atoms with E-state index in [2.05, 4.69) is 32.6 Å². The molecule has 394 valence electrons. The van der Waals surface area contributed by atoms with E-state index in [-0.39, 0.29) is 24.1 Å². The molecule has 0 aliphatic carbocycles. The highest BCUT2D eigenvalue weighted by Gasteiger charge is 2.16. The Morgan fingerprint density at radius 3 is 1.00 bits per heavy atom. The van der Waals surface area contributed by atoms with Gasteiger partial charge in [0.25, 0.3) is 0 Å². The van der Waals surface area contributed by atoms with E-state index in [0.29, 0.717) is 72.2 Å². The van der Waals surface area contributed by atoms with Gasteiger partial charge >= 0.3 is 11.9 Å². The summed E-state index contributed by atoms with van der Waals surface area (Å²) in [5.41, 5.74) is 5.44. The summed E-state index contributed by atoms with van der Waals surface area (Å²) in [6.07, 6.45) is 41.5. The molecule has 0 amide bonds. The van der Waals surface area contributed by atoms with Crippen molar-refractivity contribution in [1.82, 2.24) is 4.90 Å². The van der Waals surface area contributed by atoms with Gasteiger partial charge in [-0.2, -0.15) is 0 Å². The van der Waals surface area contributed by atoms with Crippen LogP contribution in [0.1, 0.15) is 259 Å². The number of hydrogen-bond donors (Lipinski definition) is 1. The summed E-state index contributed by atoms with van der Waals surface area (Å²) in [7, 11) is 0. The van der Waals surface area contributed by atoms with Crippen molar-refractivity contribution >= 4 is 11.9 Å². The van der Waals surface area contributed by atoms with Gasteiger partial charge in [-0.3, -0.25) is 9.59 Å². The number of hydrogen-bond acceptors (Lipinski definition) is 10. The van der Waals surface area contributed by atoms with Gasteiger partial charge in [0.15, 0.2) is 0 Å². The number of unbranched alkanes of at least 4 members (excludes halogenated alkanes) is 24. The van der Waals surface area contributed by atoms with Crippen LogP contribution in [0.25, 0.3) is 0 Å². The number of carbonyl (C=O) groups excluding carboxylic acids is 2. The molecule has 0 spiro atoms. The van der Waals surface area contributed by atoms with Gasteiger partial charge < -0.3 is 39.1 Å². The molecule has 2 unspecified atom stereocenters. The van der Waals surface area contributed by atoms with Crippen LogP contribution >= 0.6 is 0 Å². The third-order valence-corrected chi connectivity index (χ3v) is 12.8. The highest BCUT2D eigenvalue weighted by Crippen LogP contribution is 2.20. The zero-order chi connectivity index (χ0) is 48.1. The van der Waals surface area contributed by atoms with Crippen LogP contribution in [0, 0.1) is 0 Å². The maximum absolute atomic E-state index is 12.8. The van der Waals surface area contributed by atoms with E-state index in [9.17, 15) is 9.59 Å². The van der Waals surface area contributed by atoms with Crippen molar-refractivity contribution < 1.29 is 38.0 Å². The second kappa shape index (κ2) is 54.6. The predicted molar refractivity (Wildman–Crippen MR) is 277 cm³/mol. The number of esters is 2. The van der Waals surface area contributed by atoms with E-state index < -0.39 is 0 Å². The molecule has 0 saturated heterocycles. The molecular formula is C56H112N2O8. The van der Waals surface area contributed by atoms with E-state index in [0.717, 1.165) is 96.7 Å². The first kappa shape index (κ1) is 64.7. The molecule has 0 bridgehead atoms. The molecule has 0 aromatic heterocycles. The summed E-state index contributed by atoms with van der Waals surface area (Å²) in [5, 5.41) is 0. The highest BCUT2D eigenvalue weighted by molar-refractivity contribution is 5.69. The van der Waals surface area contributed by atoms with Crippen molar-refractivity contribution in [2.24, 2.45) is 5.73 Å². The van der Waals surface area contributed by atoms with E-state index >= 15 is 0 Å². The lowest BCUT2D eigenvalue weighted by Gasteiger charge is -2.22. The average molecular weight is 942 g/mol. The third kappa shape index (κ3) is 49.1. The number of carbonyl (C=O) groups is 2. The van der Waals surface area contributed by atoms with Crippen molar-refractivity contribution in [3.05, 3.63) is 0 Å². The van der Waals surface area contributed by atoms with E-state index in [1.54, 1.807) is 0 Å². The summed E-state index contributed by atoms with van der Waals surface area (Å²) in [5.74, 6) is 0.0205. The second-order valence-electron chi connectivity index (χ2n) is 19.2. The monoisotopic (exact) mass is 941 g/mol. The van der Waals surface area contributed by atoms with Crippen LogP contribution in [-0.4, -0.2) is 108 Å². The lowest BCUT2D eigenvalue weighted by molar-refractivity contribution is -0.151. The quantitative estimate of drug-likeness (QED) is 0.0466. The lowest BCUT2D eigenvalue weighted by atomic mass is 10.0. The minimum atomic E-state index is 0.0103. The smallest absolute Gasteiger partial charge is 0.306 e. The van der Waals surface area contributed by atoms with Crippen molar-refractivity contribution in [3.63, 3.8) is 0 Å². The fourth-order valence-electron chi connectivity index (χ4n) is 8.56. The van der Waals surface area contributed by atoms with Crippen LogP contribution in [0.3, 0.4) is 0 Å². The Kier molecular flexibility index (Phi) is 53.6. The summed E-state index contributed by atoms with van der Waals surface area (Å²) < 4.78 is 34.6. The summed E-state index contributed by atoms with van der Waals surface area (Å²) in [6, 6.07) is 0. The van der Waals surface area contributed by atoms with Gasteiger partial charge in [0.1, 0.15) is 12.2 Å². The van der Waals surface area contributed by atoms with Crippen LogP contribution < -0.4 is 5.73 Å². The molecule has 2 atom stereocenters. The molecule has 0 aromatic carbocycles. The summed E-state index contributed by atoms with van der Waals surface area (Å²) in [6.45, 7) is 17.2. The normalized spacial score (nSPS) is 12.6.